The summed E-state index contributed by atoms with van der Waals surface area (Å²) in [5.41, 5.74) is 1.58. The van der Waals surface area contributed by atoms with E-state index >= 15 is 0 Å². The van der Waals surface area contributed by atoms with Crippen molar-refractivity contribution in [1.29, 1.82) is 0 Å². The van der Waals surface area contributed by atoms with E-state index in [9.17, 15) is 20.0 Å². The van der Waals surface area contributed by atoms with Crippen molar-refractivity contribution in [1.82, 2.24) is 0 Å². The Bertz CT molecular complexity index is 510. The molecule has 0 unspecified atom stereocenters. The van der Waals surface area contributed by atoms with E-state index in [1.54, 1.807) is 19.9 Å². The number of hydrogen-bond donors (Lipinski definition) is 1. The van der Waals surface area contributed by atoms with Crippen LogP contribution in [0.25, 0.3) is 0 Å². The van der Waals surface area contributed by atoms with Crippen molar-refractivity contribution >= 4 is 11.7 Å². The average Bonchev–Trinajstić information content (AvgIpc) is 2.31. The Morgan fingerprint density at radius 1 is 1.39 bits per heavy atom. The summed E-state index contributed by atoms with van der Waals surface area (Å²) in [6.07, 6.45) is -1.51. The number of rotatable bonds is 3. The molecule has 0 saturated heterocycles. The van der Waals surface area contributed by atoms with Gasteiger partial charge in [0.2, 0.25) is 0 Å². The molecule has 6 heteroatoms. The van der Waals surface area contributed by atoms with Gasteiger partial charge in [-0.1, -0.05) is 6.07 Å². The smallest absolute Gasteiger partial charge is 0.339 e. The van der Waals surface area contributed by atoms with Crippen LogP contribution < -0.4 is 0 Å². The summed E-state index contributed by atoms with van der Waals surface area (Å²) >= 11 is 0. The first-order valence-corrected chi connectivity index (χ1v) is 5.32. The molecule has 0 saturated carbocycles. The van der Waals surface area contributed by atoms with E-state index in [0.29, 0.717) is 11.1 Å². The van der Waals surface area contributed by atoms with E-state index in [1.807, 2.05) is 0 Å². The van der Waals surface area contributed by atoms with E-state index in [4.69, 9.17) is 0 Å². The molecule has 1 rings (SSSR count). The van der Waals surface area contributed by atoms with Crippen LogP contribution in [0.2, 0.25) is 0 Å². The summed E-state index contributed by atoms with van der Waals surface area (Å²) in [5, 5.41) is 20.8. The molecule has 1 aromatic carbocycles. The third-order valence-electron chi connectivity index (χ3n) is 3.01. The van der Waals surface area contributed by atoms with Crippen LogP contribution in [-0.4, -0.2) is 23.1 Å². The summed E-state index contributed by atoms with van der Waals surface area (Å²) in [6.45, 7) is 4.83. The van der Waals surface area contributed by atoms with E-state index in [2.05, 4.69) is 4.74 Å². The van der Waals surface area contributed by atoms with Gasteiger partial charge in [-0.3, -0.25) is 10.1 Å². The highest BCUT2D eigenvalue weighted by Crippen LogP contribution is 2.32. The lowest BCUT2D eigenvalue weighted by molar-refractivity contribution is -0.386. The number of methoxy groups -OCH3 is 1. The number of carbonyl (C=O) groups excluding carboxylic acids is 1. The fourth-order valence-electron chi connectivity index (χ4n) is 1.85. The van der Waals surface area contributed by atoms with Gasteiger partial charge in [-0.05, 0) is 26.3 Å². The van der Waals surface area contributed by atoms with Gasteiger partial charge in [0.1, 0.15) is 0 Å². The monoisotopic (exact) mass is 253 g/mol. The molecule has 0 aliphatic heterocycles. The van der Waals surface area contributed by atoms with Gasteiger partial charge in [0.25, 0.3) is 5.69 Å². The van der Waals surface area contributed by atoms with E-state index in [0.717, 1.165) is 7.11 Å². The maximum Gasteiger partial charge on any atom is 0.339 e. The largest absolute Gasteiger partial charge is 0.467 e. The maximum atomic E-state index is 11.3. The number of carbonyl (C=O) groups is 1. The Labute approximate surface area is 104 Å². The molecule has 18 heavy (non-hydrogen) atoms. The lowest BCUT2D eigenvalue weighted by Gasteiger charge is -2.14. The third-order valence-corrected chi connectivity index (χ3v) is 3.01. The predicted molar refractivity (Wildman–Crippen MR) is 64.3 cm³/mol. The van der Waals surface area contributed by atoms with Crippen LogP contribution in [0.15, 0.2) is 6.07 Å². The molecule has 0 heterocycles. The molecule has 0 spiro atoms. The van der Waals surface area contributed by atoms with Crippen LogP contribution >= 0.6 is 0 Å². The summed E-state index contributed by atoms with van der Waals surface area (Å²) in [7, 11) is 1.15. The lowest BCUT2D eigenvalue weighted by Crippen LogP contribution is -2.16. The second kappa shape index (κ2) is 5.14. The average molecular weight is 253 g/mol. The highest BCUT2D eigenvalue weighted by molar-refractivity contribution is 5.77. The van der Waals surface area contributed by atoms with Crippen LogP contribution in [0.5, 0.6) is 0 Å². The quantitative estimate of drug-likeness (QED) is 0.503. The van der Waals surface area contributed by atoms with Gasteiger partial charge >= 0.3 is 5.97 Å². The van der Waals surface area contributed by atoms with Gasteiger partial charge < -0.3 is 9.84 Å². The van der Waals surface area contributed by atoms with Crippen molar-refractivity contribution in [2.45, 2.75) is 26.9 Å². The van der Waals surface area contributed by atoms with Crippen LogP contribution in [0.1, 0.15) is 28.4 Å². The normalized spacial score (nSPS) is 12.1. The van der Waals surface area contributed by atoms with Crippen molar-refractivity contribution in [3.8, 4) is 0 Å². The Morgan fingerprint density at radius 3 is 2.39 bits per heavy atom. The summed E-state index contributed by atoms with van der Waals surface area (Å²) in [6, 6.07) is 1.57. The Morgan fingerprint density at radius 2 is 1.94 bits per heavy atom. The molecule has 0 amide bonds. The molecule has 1 atom stereocenters. The molecule has 0 aliphatic carbocycles. The SMILES string of the molecule is COC(=O)[C@@H](O)c1cc(C)c(C)c([N+](=O)[O-])c1C. The number of esters is 1. The van der Waals surface area contributed by atoms with Gasteiger partial charge in [0, 0.05) is 16.7 Å². The van der Waals surface area contributed by atoms with Gasteiger partial charge in [-0.25, -0.2) is 4.79 Å². The molecule has 98 valence electrons. The lowest BCUT2D eigenvalue weighted by atomic mass is 9.95. The summed E-state index contributed by atoms with van der Waals surface area (Å²) in [4.78, 5) is 21.8. The Hall–Kier alpha value is -1.95. The predicted octanol–water partition coefficient (Wildman–Crippen LogP) is 1.73. The minimum Gasteiger partial charge on any atom is -0.467 e. The number of nitro groups is 1. The minimum absolute atomic E-state index is 0.0760. The Kier molecular flexibility index (Phi) is 4.03. The van der Waals surface area contributed by atoms with Crippen molar-refractivity contribution in [3.05, 3.63) is 38.4 Å². The first-order valence-electron chi connectivity index (χ1n) is 5.32. The van der Waals surface area contributed by atoms with Crippen molar-refractivity contribution in [3.63, 3.8) is 0 Å². The number of aliphatic hydroxyl groups is 1. The molecule has 1 N–H and O–H groups in total. The van der Waals surface area contributed by atoms with Gasteiger partial charge in [0.05, 0.1) is 12.0 Å². The topological polar surface area (TPSA) is 89.7 Å². The first-order chi connectivity index (χ1) is 8.31. The van der Waals surface area contributed by atoms with Crippen LogP contribution in [-0.2, 0) is 9.53 Å². The number of hydrogen-bond acceptors (Lipinski definition) is 5. The molecule has 0 aliphatic rings. The Balaban J connectivity index is 3.48. The first kappa shape index (κ1) is 14.1. The molecule has 1 aromatic rings. The number of aryl methyl sites for hydroxylation is 1. The van der Waals surface area contributed by atoms with Gasteiger partial charge in [-0.15, -0.1) is 0 Å². The van der Waals surface area contributed by atoms with Crippen LogP contribution in [0.4, 0.5) is 5.69 Å². The molecule has 0 bridgehead atoms. The molecule has 6 nitrogen and oxygen atoms in total. The zero-order valence-electron chi connectivity index (χ0n) is 10.7. The summed E-state index contributed by atoms with van der Waals surface area (Å²) in [5.74, 6) is -0.837. The molecule has 0 radical (unpaired) electrons. The van der Waals surface area contributed by atoms with E-state index in [1.165, 1.54) is 6.92 Å². The van der Waals surface area contributed by atoms with Crippen LogP contribution in [0.3, 0.4) is 0 Å². The number of ether oxygens (including phenoxy) is 1. The fraction of sp³-hybridized carbons (Fsp3) is 0.417. The highest BCUT2D eigenvalue weighted by atomic mass is 16.6. The van der Waals surface area contributed by atoms with Gasteiger partial charge in [-0.2, -0.15) is 0 Å². The number of nitro benzene ring substituents is 1. The summed E-state index contributed by atoms with van der Waals surface area (Å²) < 4.78 is 4.43. The fourth-order valence-corrected chi connectivity index (χ4v) is 1.85. The van der Waals surface area contributed by atoms with Crippen molar-refractivity contribution < 1.29 is 19.6 Å². The maximum absolute atomic E-state index is 11.3. The number of aliphatic hydroxyl groups excluding tert-OH is 1. The molecule has 0 fully saturated rings. The van der Waals surface area contributed by atoms with Crippen molar-refractivity contribution in [2.24, 2.45) is 0 Å². The number of benzene rings is 1. The second-order valence-electron chi connectivity index (χ2n) is 4.06. The van der Waals surface area contributed by atoms with E-state index < -0.39 is 17.0 Å². The zero-order chi connectivity index (χ0) is 14.0. The molecular formula is C12H15NO5. The molecular weight excluding hydrogens is 238 g/mol. The van der Waals surface area contributed by atoms with Crippen molar-refractivity contribution in [2.75, 3.05) is 7.11 Å². The van der Waals surface area contributed by atoms with Gasteiger partial charge in [0.15, 0.2) is 6.10 Å². The van der Waals surface area contributed by atoms with Crippen LogP contribution in [0, 0.1) is 30.9 Å². The second-order valence-corrected chi connectivity index (χ2v) is 4.06. The van der Waals surface area contributed by atoms with E-state index in [-0.39, 0.29) is 16.8 Å². The highest BCUT2D eigenvalue weighted by Gasteiger charge is 2.27. The molecule has 0 aromatic heterocycles. The number of nitrogens with zero attached hydrogens (tertiary/aromatic N) is 1. The zero-order valence-corrected chi connectivity index (χ0v) is 10.7. The minimum atomic E-state index is -1.51. The standard InChI is InChI=1S/C12H15NO5/c1-6-5-9(11(14)12(15)18-4)8(3)10(7(6)2)13(16)17/h5,11,14H,1-4H3/t11-/m0/s1. The third kappa shape index (κ3) is 2.33.